The van der Waals surface area contributed by atoms with Gasteiger partial charge in [0.05, 0.1) is 4.90 Å². The van der Waals surface area contributed by atoms with Gasteiger partial charge >= 0.3 is 0 Å². The second-order valence-electron chi connectivity index (χ2n) is 6.42. The highest BCUT2D eigenvalue weighted by Gasteiger charge is 2.15. The minimum absolute atomic E-state index is 0.0771. The number of hydrazine groups is 1. The summed E-state index contributed by atoms with van der Waals surface area (Å²) >= 11 is 5.13. The molecule has 0 bridgehead atoms. The molecular formula is C17H28N4O3S2. The molecule has 0 saturated carbocycles. The fraction of sp³-hybridized carbons (Fsp3) is 0.529. The van der Waals surface area contributed by atoms with Crippen molar-refractivity contribution in [1.29, 1.82) is 0 Å². The number of unbranched alkanes of at least 4 members (excludes halogenated alkanes) is 2. The number of carbonyl (C=O) groups is 1. The molecule has 1 amide bonds. The highest BCUT2D eigenvalue weighted by atomic mass is 32.2. The summed E-state index contributed by atoms with van der Waals surface area (Å²) < 4.78 is 23.1. The van der Waals surface area contributed by atoms with Gasteiger partial charge in [0.2, 0.25) is 10.0 Å². The quantitative estimate of drug-likeness (QED) is 0.301. The maximum atomic E-state index is 12.2. The molecule has 0 aromatic heterocycles. The van der Waals surface area contributed by atoms with Gasteiger partial charge in [0.15, 0.2) is 5.11 Å². The van der Waals surface area contributed by atoms with Gasteiger partial charge in [-0.1, -0.05) is 39.2 Å². The number of benzene rings is 1. The van der Waals surface area contributed by atoms with Crippen molar-refractivity contribution in [2.24, 2.45) is 11.1 Å². The van der Waals surface area contributed by atoms with Crippen LogP contribution in [0.3, 0.4) is 0 Å². The average molecular weight is 401 g/mol. The van der Waals surface area contributed by atoms with E-state index in [1.165, 1.54) is 37.5 Å². The highest BCUT2D eigenvalue weighted by Crippen LogP contribution is 2.15. The smallest absolute Gasteiger partial charge is 0.269 e. The van der Waals surface area contributed by atoms with E-state index in [1.807, 2.05) is 0 Å². The van der Waals surface area contributed by atoms with Crippen LogP contribution in [0.5, 0.6) is 0 Å². The first kappa shape index (κ1) is 22.3. The summed E-state index contributed by atoms with van der Waals surface area (Å²) in [6, 6.07) is 4.30. The van der Waals surface area contributed by atoms with E-state index in [-0.39, 0.29) is 10.5 Å². The van der Waals surface area contributed by atoms with Crippen LogP contribution >= 0.6 is 12.2 Å². The zero-order valence-electron chi connectivity index (χ0n) is 15.5. The Morgan fingerprint density at radius 1 is 1.27 bits per heavy atom. The second kappa shape index (κ2) is 10.4. The van der Waals surface area contributed by atoms with Crippen LogP contribution in [0.2, 0.25) is 0 Å². The monoisotopic (exact) mass is 400 g/mol. The van der Waals surface area contributed by atoms with Crippen molar-refractivity contribution in [2.45, 2.75) is 51.3 Å². The van der Waals surface area contributed by atoms with Crippen molar-refractivity contribution in [3.63, 3.8) is 0 Å². The standard InChI is InChI=1S/C17H28N4O3S2/c1-4-5-6-7-12(2)11-19-17(25)21-20-16(22)14-9-8-13(3)15(10-14)26(18,23)24/h8-10,12H,4-7,11H2,1-3H3,(H,20,22)(H2,18,23,24)(H2,19,21,25)/t12-/m0/s1. The van der Waals surface area contributed by atoms with Gasteiger partial charge in [0, 0.05) is 12.1 Å². The fourth-order valence-corrected chi connectivity index (χ4v) is 3.33. The Hall–Kier alpha value is -1.71. The Kier molecular flexibility index (Phi) is 8.97. The number of sulfonamides is 1. The molecule has 7 nitrogen and oxygen atoms in total. The lowest BCUT2D eigenvalue weighted by atomic mass is 10.0. The number of thiocarbonyl (C=S) groups is 1. The predicted octanol–water partition coefficient (Wildman–Crippen LogP) is 1.97. The lowest BCUT2D eigenvalue weighted by Crippen LogP contribution is -2.47. The molecule has 146 valence electrons. The van der Waals surface area contributed by atoms with E-state index >= 15 is 0 Å². The first-order valence-electron chi connectivity index (χ1n) is 8.62. The molecule has 1 aromatic carbocycles. The Labute approximate surface area is 161 Å². The second-order valence-corrected chi connectivity index (χ2v) is 8.35. The molecule has 1 atom stereocenters. The predicted molar refractivity (Wildman–Crippen MR) is 107 cm³/mol. The third-order valence-corrected chi connectivity index (χ3v) is 5.26. The first-order chi connectivity index (χ1) is 12.1. The van der Waals surface area contributed by atoms with Crippen LogP contribution in [0, 0.1) is 12.8 Å². The molecule has 0 aliphatic carbocycles. The summed E-state index contributed by atoms with van der Waals surface area (Å²) in [4.78, 5) is 12.1. The molecule has 0 radical (unpaired) electrons. The molecule has 0 spiro atoms. The Bertz CT molecular complexity index is 736. The SMILES string of the molecule is CCCCC[C@H](C)CNC(=S)NNC(=O)c1ccc(C)c(S(N)(=O)=O)c1. The van der Waals surface area contributed by atoms with E-state index < -0.39 is 15.9 Å². The molecule has 0 saturated heterocycles. The maximum absolute atomic E-state index is 12.2. The number of nitrogens with one attached hydrogen (secondary N) is 3. The molecule has 1 rings (SSSR count). The fourth-order valence-electron chi connectivity index (χ4n) is 2.39. The van der Waals surface area contributed by atoms with Crippen LogP contribution in [0.4, 0.5) is 0 Å². The van der Waals surface area contributed by atoms with Crippen LogP contribution < -0.4 is 21.3 Å². The highest BCUT2D eigenvalue weighted by molar-refractivity contribution is 7.89. The van der Waals surface area contributed by atoms with Crippen LogP contribution in [-0.2, 0) is 10.0 Å². The number of amides is 1. The van der Waals surface area contributed by atoms with Gasteiger partial charge in [-0.25, -0.2) is 13.6 Å². The Morgan fingerprint density at radius 3 is 2.58 bits per heavy atom. The van der Waals surface area contributed by atoms with E-state index in [9.17, 15) is 13.2 Å². The first-order valence-corrected chi connectivity index (χ1v) is 10.6. The maximum Gasteiger partial charge on any atom is 0.269 e. The molecule has 9 heteroatoms. The van der Waals surface area contributed by atoms with Gasteiger partial charge in [-0.05, 0) is 49.2 Å². The lowest BCUT2D eigenvalue weighted by Gasteiger charge is -2.15. The van der Waals surface area contributed by atoms with E-state index in [0.29, 0.717) is 23.1 Å². The van der Waals surface area contributed by atoms with Gasteiger partial charge in [-0.15, -0.1) is 0 Å². The molecule has 0 fully saturated rings. The molecule has 5 N–H and O–H groups in total. The molecule has 0 heterocycles. The zero-order chi connectivity index (χ0) is 19.7. The number of nitrogens with two attached hydrogens (primary N) is 1. The Morgan fingerprint density at radius 2 is 1.96 bits per heavy atom. The molecule has 26 heavy (non-hydrogen) atoms. The van der Waals surface area contributed by atoms with Gasteiger partial charge in [0.1, 0.15) is 0 Å². The minimum atomic E-state index is -3.89. The zero-order valence-corrected chi connectivity index (χ0v) is 17.1. The van der Waals surface area contributed by atoms with E-state index in [4.69, 9.17) is 17.4 Å². The minimum Gasteiger partial charge on any atom is -0.361 e. The topological polar surface area (TPSA) is 113 Å². The van der Waals surface area contributed by atoms with Crippen molar-refractivity contribution >= 4 is 33.3 Å². The number of aryl methyl sites for hydroxylation is 1. The van der Waals surface area contributed by atoms with Crippen LogP contribution in [-0.4, -0.2) is 26.0 Å². The van der Waals surface area contributed by atoms with Crippen molar-refractivity contribution in [1.82, 2.24) is 16.2 Å². The third kappa shape index (κ3) is 7.67. The summed E-state index contributed by atoms with van der Waals surface area (Å²) in [6.07, 6.45) is 4.73. The van der Waals surface area contributed by atoms with Crippen molar-refractivity contribution < 1.29 is 13.2 Å². The number of carbonyl (C=O) groups excluding carboxylic acids is 1. The molecule has 0 aliphatic heterocycles. The van der Waals surface area contributed by atoms with Crippen LogP contribution in [0.25, 0.3) is 0 Å². The average Bonchev–Trinajstić information content (AvgIpc) is 2.57. The van der Waals surface area contributed by atoms with E-state index in [0.717, 1.165) is 6.42 Å². The summed E-state index contributed by atoms with van der Waals surface area (Å²) in [5, 5.41) is 8.51. The molecule has 0 unspecified atom stereocenters. The van der Waals surface area contributed by atoms with Gasteiger partial charge in [-0.2, -0.15) is 0 Å². The summed E-state index contributed by atoms with van der Waals surface area (Å²) in [7, 11) is -3.89. The largest absolute Gasteiger partial charge is 0.361 e. The normalized spacial score (nSPS) is 12.3. The van der Waals surface area contributed by atoms with Gasteiger partial charge < -0.3 is 5.32 Å². The van der Waals surface area contributed by atoms with Gasteiger partial charge in [-0.3, -0.25) is 15.6 Å². The van der Waals surface area contributed by atoms with E-state index in [2.05, 4.69) is 30.0 Å². The summed E-state index contributed by atoms with van der Waals surface area (Å²) in [5.74, 6) is -0.0264. The Balaban J connectivity index is 2.50. The molecule has 1 aromatic rings. The molecule has 0 aliphatic rings. The van der Waals surface area contributed by atoms with Crippen molar-refractivity contribution in [2.75, 3.05) is 6.54 Å². The van der Waals surface area contributed by atoms with Crippen LogP contribution in [0.1, 0.15) is 55.5 Å². The number of rotatable bonds is 8. The van der Waals surface area contributed by atoms with Crippen LogP contribution in [0.15, 0.2) is 23.1 Å². The van der Waals surface area contributed by atoms with Crippen molar-refractivity contribution in [3.8, 4) is 0 Å². The number of hydrogen-bond acceptors (Lipinski definition) is 4. The molecular weight excluding hydrogens is 372 g/mol. The van der Waals surface area contributed by atoms with Gasteiger partial charge in [0.25, 0.3) is 5.91 Å². The van der Waals surface area contributed by atoms with E-state index in [1.54, 1.807) is 6.92 Å². The summed E-state index contributed by atoms with van der Waals surface area (Å²) in [6.45, 7) is 6.64. The number of hydrogen-bond donors (Lipinski definition) is 4. The van der Waals surface area contributed by atoms with Crippen molar-refractivity contribution in [3.05, 3.63) is 29.3 Å². The number of primary sulfonamides is 1. The third-order valence-electron chi connectivity index (χ3n) is 3.96. The summed E-state index contributed by atoms with van der Waals surface area (Å²) in [5.41, 5.74) is 5.71. The lowest BCUT2D eigenvalue weighted by molar-refractivity contribution is 0.0943.